The summed E-state index contributed by atoms with van der Waals surface area (Å²) < 4.78 is 72.5. The minimum atomic E-state index is -4.36. The molecule has 11 heteroatoms. The van der Waals surface area contributed by atoms with Crippen molar-refractivity contribution in [3.63, 3.8) is 0 Å². The van der Waals surface area contributed by atoms with E-state index in [2.05, 4.69) is 20.0 Å². The average Bonchev–Trinajstić information content (AvgIpc) is 3.24. The molecule has 2 aromatic rings. The smallest absolute Gasteiger partial charge is 0.653 e. The first-order valence-corrected chi connectivity index (χ1v) is 8.49. The van der Waals surface area contributed by atoms with Gasteiger partial charge in [0.1, 0.15) is 0 Å². The number of aliphatic imine (C=N–C) groups is 2. The Morgan fingerprint density at radius 1 is 0.724 bits per heavy atom. The van der Waals surface area contributed by atoms with E-state index < -0.39 is 23.7 Å². The predicted molar refractivity (Wildman–Crippen MR) is 95.0 cm³/mol. The zero-order chi connectivity index (χ0) is 21.2. The van der Waals surface area contributed by atoms with Crippen molar-refractivity contribution in [3.05, 3.63) is 47.0 Å². The summed E-state index contributed by atoms with van der Waals surface area (Å²) >= 11 is 0. The van der Waals surface area contributed by atoms with Gasteiger partial charge in [-0.3, -0.25) is 9.98 Å². The van der Waals surface area contributed by atoms with Crippen LogP contribution >= 0.6 is 0 Å². The average molecular weight is 461 g/mol. The van der Waals surface area contributed by atoms with Crippen molar-refractivity contribution in [3.8, 4) is 0 Å². The van der Waals surface area contributed by atoms with Crippen LogP contribution in [0.1, 0.15) is 49.5 Å². The summed E-state index contributed by atoms with van der Waals surface area (Å²) in [5.74, 6) is 0. The molecular formula is C18H20F6MnN4. The molecule has 161 valence electrons. The summed E-state index contributed by atoms with van der Waals surface area (Å²) in [6.07, 6.45) is -4.28. The molecule has 1 radical (unpaired) electrons. The van der Waals surface area contributed by atoms with E-state index in [4.69, 9.17) is 0 Å². The van der Waals surface area contributed by atoms with Gasteiger partial charge in [-0.05, 0) is 12.8 Å². The first-order chi connectivity index (χ1) is 13.1. The molecule has 0 N–H and O–H groups in total. The maximum atomic E-state index is 12.1. The SMILES string of the molecule is CCCN=Cc1ccc(C(F)(F)F)[n-]1.CCCN=Cc1ccc(C(F)(F)F)[n-]1.[Mn+2]. The Morgan fingerprint density at radius 3 is 1.31 bits per heavy atom. The molecule has 2 aromatic heterocycles. The standard InChI is InChI=1S/2C9H10F3N2.Mn/c2*1-2-5-13-6-7-3-4-8(14-7)9(10,11)12;/h2*3-4,6H,2,5H2,1H3;/q2*-1;+2. The van der Waals surface area contributed by atoms with Crippen molar-refractivity contribution in [2.75, 3.05) is 13.1 Å². The number of hydrogen-bond donors (Lipinski definition) is 0. The summed E-state index contributed by atoms with van der Waals surface area (Å²) in [6, 6.07) is 4.52. The van der Waals surface area contributed by atoms with Crippen LogP contribution in [0.2, 0.25) is 0 Å². The van der Waals surface area contributed by atoms with Crippen LogP contribution in [0.5, 0.6) is 0 Å². The van der Waals surface area contributed by atoms with Gasteiger partial charge < -0.3 is 9.97 Å². The number of hydrogen-bond acceptors (Lipinski definition) is 2. The second kappa shape index (κ2) is 12.5. The number of nitrogens with zero attached hydrogens (tertiary/aromatic N) is 4. The molecule has 0 fully saturated rings. The maximum Gasteiger partial charge on any atom is 2.00 e. The van der Waals surface area contributed by atoms with Crippen molar-refractivity contribution in [1.29, 1.82) is 0 Å². The third-order valence-electron chi connectivity index (χ3n) is 3.06. The fourth-order valence-electron chi connectivity index (χ4n) is 1.79. The van der Waals surface area contributed by atoms with Crippen LogP contribution in [0.15, 0.2) is 34.3 Å². The van der Waals surface area contributed by atoms with Gasteiger partial charge in [0, 0.05) is 25.5 Å². The molecule has 0 bridgehead atoms. The van der Waals surface area contributed by atoms with Crippen molar-refractivity contribution in [2.45, 2.75) is 39.0 Å². The molecule has 0 spiro atoms. The quantitative estimate of drug-likeness (QED) is 0.346. The minimum Gasteiger partial charge on any atom is -0.653 e. The number of rotatable bonds is 6. The largest absolute Gasteiger partial charge is 2.00 e. The second-order valence-electron chi connectivity index (χ2n) is 5.58. The molecule has 0 unspecified atom stereocenters. The van der Waals surface area contributed by atoms with Crippen LogP contribution in [0, 0.1) is 0 Å². The van der Waals surface area contributed by atoms with Gasteiger partial charge in [-0.15, -0.1) is 11.4 Å². The van der Waals surface area contributed by atoms with Gasteiger partial charge in [0.25, 0.3) is 0 Å². The zero-order valence-corrected chi connectivity index (χ0v) is 16.9. The summed E-state index contributed by atoms with van der Waals surface area (Å²) in [6.45, 7) is 5.09. The van der Waals surface area contributed by atoms with Crippen molar-refractivity contribution >= 4 is 12.4 Å². The van der Waals surface area contributed by atoms with Crippen molar-refractivity contribution in [1.82, 2.24) is 9.97 Å². The fourth-order valence-corrected chi connectivity index (χ4v) is 1.79. The number of alkyl halides is 6. The molecule has 0 atom stereocenters. The van der Waals surface area contributed by atoms with E-state index in [0.29, 0.717) is 13.1 Å². The Hall–Kier alpha value is -2.00. The molecule has 0 saturated heterocycles. The second-order valence-corrected chi connectivity index (χ2v) is 5.58. The van der Waals surface area contributed by atoms with Gasteiger partial charge in [-0.2, -0.15) is 26.3 Å². The molecule has 0 aromatic carbocycles. The van der Waals surface area contributed by atoms with E-state index in [1.165, 1.54) is 24.6 Å². The van der Waals surface area contributed by atoms with Gasteiger partial charge in [0.15, 0.2) is 0 Å². The molecular weight excluding hydrogens is 441 g/mol. The molecule has 0 amide bonds. The Morgan fingerprint density at radius 2 is 1.07 bits per heavy atom. The Bertz CT molecular complexity index is 695. The summed E-state index contributed by atoms with van der Waals surface area (Å²) in [5.41, 5.74) is -1.22. The molecule has 0 aliphatic heterocycles. The Kier molecular flexibility index (Phi) is 11.7. The van der Waals surface area contributed by atoms with Gasteiger partial charge in [0.2, 0.25) is 0 Å². The van der Waals surface area contributed by atoms with E-state index in [-0.39, 0.29) is 28.5 Å². The van der Waals surface area contributed by atoms with Crippen molar-refractivity contribution < 1.29 is 43.4 Å². The number of aromatic nitrogens is 2. The van der Waals surface area contributed by atoms with Gasteiger partial charge in [0.05, 0.1) is 0 Å². The van der Waals surface area contributed by atoms with E-state index >= 15 is 0 Å². The fraction of sp³-hybridized carbons (Fsp3) is 0.444. The molecule has 2 heterocycles. The Labute approximate surface area is 175 Å². The van der Waals surface area contributed by atoms with Crippen LogP contribution < -0.4 is 9.97 Å². The van der Waals surface area contributed by atoms with Gasteiger partial charge in [-0.1, -0.05) is 49.5 Å². The van der Waals surface area contributed by atoms with E-state index in [9.17, 15) is 26.3 Å². The minimum absolute atomic E-state index is 0. The molecule has 2 rings (SSSR count). The molecule has 0 saturated carbocycles. The molecule has 29 heavy (non-hydrogen) atoms. The van der Waals surface area contributed by atoms with Gasteiger partial charge >= 0.3 is 29.4 Å². The third-order valence-corrected chi connectivity index (χ3v) is 3.06. The van der Waals surface area contributed by atoms with Crippen LogP contribution in [0.3, 0.4) is 0 Å². The summed E-state index contributed by atoms with van der Waals surface area (Å²) in [5, 5.41) is 0. The van der Waals surface area contributed by atoms with E-state index in [1.54, 1.807) is 0 Å². The van der Waals surface area contributed by atoms with E-state index in [1.807, 2.05) is 13.8 Å². The van der Waals surface area contributed by atoms with Crippen LogP contribution in [-0.4, -0.2) is 25.5 Å². The monoisotopic (exact) mass is 461 g/mol. The zero-order valence-electron chi connectivity index (χ0n) is 15.7. The first-order valence-electron chi connectivity index (χ1n) is 8.49. The van der Waals surface area contributed by atoms with Crippen LogP contribution in [-0.2, 0) is 29.4 Å². The van der Waals surface area contributed by atoms with Crippen molar-refractivity contribution in [2.24, 2.45) is 9.98 Å². The maximum absolute atomic E-state index is 12.1. The molecule has 0 aliphatic carbocycles. The predicted octanol–water partition coefficient (Wildman–Crippen LogP) is 4.98. The summed E-state index contributed by atoms with van der Waals surface area (Å²) in [4.78, 5) is 14.6. The summed E-state index contributed by atoms with van der Waals surface area (Å²) in [7, 11) is 0. The van der Waals surface area contributed by atoms with Crippen LogP contribution in [0.4, 0.5) is 26.3 Å². The number of halogens is 6. The van der Waals surface area contributed by atoms with E-state index in [0.717, 1.165) is 25.0 Å². The van der Waals surface area contributed by atoms with Crippen LogP contribution in [0.25, 0.3) is 0 Å². The first kappa shape index (κ1) is 27.0. The molecule has 4 nitrogen and oxygen atoms in total. The Balaban J connectivity index is 0.000000523. The third kappa shape index (κ3) is 10.4. The molecule has 0 aliphatic rings. The van der Waals surface area contributed by atoms with Gasteiger partial charge in [-0.25, -0.2) is 0 Å². The topological polar surface area (TPSA) is 52.9 Å². The normalized spacial score (nSPS) is 12.1.